The Labute approximate surface area is 173 Å². The number of rotatable bonds is 20. The standard InChI is InChI=1S/C21H45BrO3Si/c1-5-7-8-9-10-12-15-19-23-21(17-6-2)25-26(3,4)24-20-16-13-11-14-18-22/h21H,5-20H2,1-4H3. The molecule has 3 nitrogen and oxygen atoms in total. The summed E-state index contributed by atoms with van der Waals surface area (Å²) in [6, 6.07) is 0. The van der Waals surface area contributed by atoms with Crippen LogP contribution < -0.4 is 0 Å². The topological polar surface area (TPSA) is 27.7 Å². The Balaban J connectivity index is 3.85. The van der Waals surface area contributed by atoms with E-state index in [1.54, 1.807) is 0 Å². The van der Waals surface area contributed by atoms with Crippen LogP contribution in [0.5, 0.6) is 0 Å². The molecule has 0 aromatic carbocycles. The third-order valence-electron chi connectivity index (χ3n) is 4.47. The Morgan fingerprint density at radius 3 is 1.92 bits per heavy atom. The van der Waals surface area contributed by atoms with Gasteiger partial charge in [-0.05, 0) is 38.8 Å². The van der Waals surface area contributed by atoms with Crippen molar-refractivity contribution in [3.63, 3.8) is 0 Å². The van der Waals surface area contributed by atoms with Crippen LogP contribution in [0.4, 0.5) is 0 Å². The van der Waals surface area contributed by atoms with E-state index in [4.69, 9.17) is 13.6 Å². The normalized spacial score (nSPS) is 13.3. The second-order valence-corrected chi connectivity index (χ2v) is 11.8. The summed E-state index contributed by atoms with van der Waals surface area (Å²) in [7, 11) is -2.10. The largest absolute Gasteiger partial charge is 0.394 e. The lowest BCUT2D eigenvalue weighted by atomic mass is 10.1. The van der Waals surface area contributed by atoms with E-state index < -0.39 is 8.56 Å². The Bertz CT molecular complexity index is 290. The Hall–Kier alpha value is 0.577. The van der Waals surface area contributed by atoms with E-state index >= 15 is 0 Å². The van der Waals surface area contributed by atoms with Gasteiger partial charge < -0.3 is 13.6 Å². The molecule has 1 atom stereocenters. The average Bonchev–Trinajstić information content (AvgIpc) is 2.60. The van der Waals surface area contributed by atoms with Gasteiger partial charge in [-0.25, -0.2) is 0 Å². The van der Waals surface area contributed by atoms with Crippen LogP contribution in [0.1, 0.15) is 97.3 Å². The van der Waals surface area contributed by atoms with Crippen LogP contribution in [-0.4, -0.2) is 33.4 Å². The molecule has 0 aliphatic carbocycles. The van der Waals surface area contributed by atoms with Crippen LogP contribution >= 0.6 is 15.9 Å². The molecule has 0 saturated carbocycles. The zero-order valence-electron chi connectivity index (χ0n) is 18.0. The molecule has 0 aliphatic rings. The van der Waals surface area contributed by atoms with E-state index in [0.717, 1.165) is 44.2 Å². The quantitative estimate of drug-likeness (QED) is 0.0823. The van der Waals surface area contributed by atoms with E-state index in [1.807, 2.05) is 0 Å². The number of halogens is 1. The van der Waals surface area contributed by atoms with Crippen LogP contribution in [-0.2, 0) is 13.6 Å². The summed E-state index contributed by atoms with van der Waals surface area (Å²) in [5.74, 6) is 0. The van der Waals surface area contributed by atoms with Gasteiger partial charge >= 0.3 is 8.56 Å². The van der Waals surface area contributed by atoms with Crippen molar-refractivity contribution in [3.05, 3.63) is 0 Å². The number of ether oxygens (including phenoxy) is 1. The highest BCUT2D eigenvalue weighted by atomic mass is 79.9. The van der Waals surface area contributed by atoms with Crippen LogP contribution in [0.15, 0.2) is 0 Å². The highest BCUT2D eigenvalue weighted by Gasteiger charge is 2.28. The highest BCUT2D eigenvalue weighted by Crippen LogP contribution is 2.16. The van der Waals surface area contributed by atoms with Crippen molar-refractivity contribution in [2.75, 3.05) is 18.5 Å². The molecule has 0 amide bonds. The molecule has 0 saturated heterocycles. The predicted octanol–water partition coefficient (Wildman–Crippen LogP) is 7.57. The highest BCUT2D eigenvalue weighted by molar-refractivity contribution is 9.09. The zero-order valence-corrected chi connectivity index (χ0v) is 20.6. The molecule has 0 aromatic heterocycles. The maximum absolute atomic E-state index is 6.25. The fourth-order valence-electron chi connectivity index (χ4n) is 2.90. The third kappa shape index (κ3) is 18.0. The molecule has 0 radical (unpaired) electrons. The molecule has 0 aliphatic heterocycles. The van der Waals surface area contributed by atoms with E-state index in [9.17, 15) is 0 Å². The first-order valence-electron chi connectivity index (χ1n) is 11.0. The average molecular weight is 454 g/mol. The Morgan fingerprint density at radius 2 is 1.31 bits per heavy atom. The molecule has 158 valence electrons. The number of hydrogen-bond donors (Lipinski definition) is 0. The molecule has 0 N–H and O–H groups in total. The predicted molar refractivity (Wildman–Crippen MR) is 119 cm³/mol. The summed E-state index contributed by atoms with van der Waals surface area (Å²) in [6.07, 6.45) is 16.0. The lowest BCUT2D eigenvalue weighted by Gasteiger charge is -2.29. The zero-order chi connectivity index (χ0) is 19.5. The molecule has 0 aromatic rings. The van der Waals surface area contributed by atoms with Crippen LogP contribution in [0.2, 0.25) is 13.1 Å². The summed E-state index contributed by atoms with van der Waals surface area (Å²) < 4.78 is 18.4. The van der Waals surface area contributed by atoms with Crippen molar-refractivity contribution in [1.29, 1.82) is 0 Å². The number of hydrogen-bond acceptors (Lipinski definition) is 3. The van der Waals surface area contributed by atoms with Gasteiger partial charge in [0.25, 0.3) is 0 Å². The summed E-state index contributed by atoms with van der Waals surface area (Å²) in [6.45, 7) is 10.4. The second-order valence-electron chi connectivity index (χ2n) is 7.68. The van der Waals surface area contributed by atoms with E-state index in [0.29, 0.717) is 0 Å². The molecule has 0 bridgehead atoms. The molecule has 26 heavy (non-hydrogen) atoms. The smallest absolute Gasteiger partial charge is 0.333 e. The van der Waals surface area contributed by atoms with Crippen molar-refractivity contribution in [2.45, 2.75) is 117 Å². The molecular weight excluding hydrogens is 408 g/mol. The van der Waals surface area contributed by atoms with Crippen molar-refractivity contribution < 1.29 is 13.6 Å². The van der Waals surface area contributed by atoms with E-state index in [1.165, 1.54) is 57.8 Å². The molecule has 0 spiro atoms. The van der Waals surface area contributed by atoms with Crippen molar-refractivity contribution in [2.24, 2.45) is 0 Å². The SMILES string of the molecule is CCCCCCCCCOC(CCC)O[Si](C)(C)OCCCCCCBr. The number of alkyl halides is 1. The van der Waals surface area contributed by atoms with Gasteiger partial charge in [-0.2, -0.15) is 0 Å². The fraction of sp³-hybridized carbons (Fsp3) is 1.00. The minimum atomic E-state index is -2.10. The first-order chi connectivity index (χ1) is 12.6. The molecule has 0 fully saturated rings. The van der Waals surface area contributed by atoms with Crippen LogP contribution in [0, 0.1) is 0 Å². The van der Waals surface area contributed by atoms with Gasteiger partial charge in [-0.3, -0.25) is 0 Å². The van der Waals surface area contributed by atoms with Gasteiger partial charge in [0, 0.05) is 18.5 Å². The molecule has 5 heteroatoms. The lowest BCUT2D eigenvalue weighted by molar-refractivity contribution is -0.103. The Morgan fingerprint density at radius 1 is 0.731 bits per heavy atom. The fourth-order valence-corrected chi connectivity index (χ4v) is 4.82. The summed E-state index contributed by atoms with van der Waals surface area (Å²) in [5.41, 5.74) is 0. The van der Waals surface area contributed by atoms with Gasteiger partial charge in [0.1, 0.15) is 6.29 Å². The van der Waals surface area contributed by atoms with Crippen molar-refractivity contribution >= 4 is 24.5 Å². The summed E-state index contributed by atoms with van der Waals surface area (Å²) in [5, 5.41) is 1.10. The Kier molecular flexibility index (Phi) is 19.3. The van der Waals surface area contributed by atoms with Crippen molar-refractivity contribution in [1.82, 2.24) is 0 Å². The first kappa shape index (κ1) is 26.6. The van der Waals surface area contributed by atoms with Crippen molar-refractivity contribution in [3.8, 4) is 0 Å². The minimum absolute atomic E-state index is 0.0878. The molecule has 1 unspecified atom stereocenters. The third-order valence-corrected chi connectivity index (χ3v) is 6.76. The molecule has 0 heterocycles. The van der Waals surface area contributed by atoms with Gasteiger partial charge in [-0.15, -0.1) is 0 Å². The molecule has 0 rings (SSSR count). The summed E-state index contributed by atoms with van der Waals surface area (Å²) in [4.78, 5) is 0. The monoisotopic (exact) mass is 452 g/mol. The van der Waals surface area contributed by atoms with Gasteiger partial charge in [0.05, 0.1) is 0 Å². The second kappa shape index (κ2) is 18.9. The first-order valence-corrected chi connectivity index (χ1v) is 15.0. The van der Waals surface area contributed by atoms with Gasteiger partial charge in [-0.1, -0.05) is 87.6 Å². The maximum atomic E-state index is 6.25. The molecular formula is C21H45BrO3Si. The van der Waals surface area contributed by atoms with E-state index in [2.05, 4.69) is 42.9 Å². The van der Waals surface area contributed by atoms with Crippen LogP contribution in [0.25, 0.3) is 0 Å². The lowest BCUT2D eigenvalue weighted by Crippen LogP contribution is -2.40. The minimum Gasteiger partial charge on any atom is -0.394 e. The maximum Gasteiger partial charge on any atom is 0.333 e. The summed E-state index contributed by atoms with van der Waals surface area (Å²) >= 11 is 3.48. The van der Waals surface area contributed by atoms with Crippen LogP contribution in [0.3, 0.4) is 0 Å². The number of unbranched alkanes of at least 4 members (excludes halogenated alkanes) is 9. The van der Waals surface area contributed by atoms with Gasteiger partial charge in [0.2, 0.25) is 0 Å². The van der Waals surface area contributed by atoms with Gasteiger partial charge in [0.15, 0.2) is 0 Å². The van der Waals surface area contributed by atoms with E-state index in [-0.39, 0.29) is 6.29 Å².